The second-order valence-electron chi connectivity index (χ2n) is 7.38. The van der Waals surface area contributed by atoms with Crippen molar-refractivity contribution in [3.63, 3.8) is 0 Å². The summed E-state index contributed by atoms with van der Waals surface area (Å²) in [6, 6.07) is 4.94. The molecule has 0 radical (unpaired) electrons. The summed E-state index contributed by atoms with van der Waals surface area (Å²) >= 11 is 0. The number of hydrogen-bond acceptors (Lipinski definition) is 6. The number of halogens is 1. The van der Waals surface area contributed by atoms with Crippen molar-refractivity contribution in [1.82, 2.24) is 10.3 Å². The minimum atomic E-state index is -1.00. The Bertz CT molecular complexity index is 1110. The number of aromatic nitrogens is 1. The fourth-order valence-corrected chi connectivity index (χ4v) is 3.94. The second kappa shape index (κ2) is 7.59. The van der Waals surface area contributed by atoms with Gasteiger partial charge in [-0.3, -0.25) is 4.79 Å². The van der Waals surface area contributed by atoms with Crippen molar-refractivity contribution in [2.24, 2.45) is 10.7 Å². The number of carbonyl (C=O) groups is 1. The average molecular weight is 405 g/mol. The first-order valence-electron chi connectivity index (χ1n) is 9.62. The lowest BCUT2D eigenvalue weighted by Gasteiger charge is -2.33. The highest BCUT2D eigenvalue weighted by molar-refractivity contribution is 5.93. The lowest BCUT2D eigenvalue weighted by atomic mass is 9.82. The monoisotopic (exact) mass is 405 g/mol. The lowest BCUT2D eigenvalue weighted by Crippen LogP contribution is -2.37. The fourth-order valence-electron chi connectivity index (χ4n) is 3.94. The highest BCUT2D eigenvalue weighted by Crippen LogP contribution is 2.46. The molecule has 4 rings (SSSR count). The Kier molecular flexibility index (Phi) is 4.96. The van der Waals surface area contributed by atoms with Gasteiger partial charge < -0.3 is 15.8 Å². The average Bonchev–Trinajstić information content (AvgIpc) is 3.12. The number of nitrogens with two attached hydrogens (primary N) is 1. The van der Waals surface area contributed by atoms with E-state index in [0.29, 0.717) is 23.3 Å². The van der Waals surface area contributed by atoms with E-state index in [1.54, 1.807) is 12.2 Å². The maximum atomic E-state index is 15.1. The van der Waals surface area contributed by atoms with Gasteiger partial charge in [-0.05, 0) is 50.5 Å². The van der Waals surface area contributed by atoms with Crippen LogP contribution in [0.1, 0.15) is 48.7 Å². The Morgan fingerprint density at radius 2 is 2.20 bits per heavy atom. The molecular weight excluding hydrogens is 385 g/mol. The fraction of sp³-hybridized carbons (Fsp3) is 0.273. The van der Waals surface area contributed by atoms with Crippen LogP contribution in [0.4, 0.5) is 4.39 Å². The van der Waals surface area contributed by atoms with Crippen LogP contribution in [0.25, 0.3) is 0 Å². The molecular formula is C22H20FN5O2. The van der Waals surface area contributed by atoms with Crippen LogP contribution in [0.5, 0.6) is 0 Å². The number of amidine groups is 1. The topological polar surface area (TPSA) is 113 Å². The third-order valence-electron chi connectivity index (χ3n) is 5.42. The number of nitrogens with zero attached hydrogens (tertiary/aromatic N) is 3. The zero-order valence-electron chi connectivity index (χ0n) is 16.4. The Morgan fingerprint density at radius 1 is 1.37 bits per heavy atom. The minimum Gasteiger partial charge on any atom is -0.431 e. The molecule has 0 bridgehead atoms. The van der Waals surface area contributed by atoms with E-state index in [0.717, 1.165) is 30.6 Å². The quantitative estimate of drug-likeness (QED) is 0.801. The molecule has 7 nitrogen and oxygen atoms in total. The standard InChI is InChI=1S/C22H20FN5O2/c1-22(15-5-3-7-19(15)30-21(25)28-22)16-10-14(4-2-6-17(16)23)27-20(29)18-9-8-13(11-24)12-26-18/h4,6,8-10,12H,2-3,5,7H2,1H3,(H2,25,28)(H,27,29). The van der Waals surface area contributed by atoms with Crippen molar-refractivity contribution in [2.45, 2.75) is 38.1 Å². The zero-order valence-corrected chi connectivity index (χ0v) is 16.4. The Morgan fingerprint density at radius 3 is 2.93 bits per heavy atom. The summed E-state index contributed by atoms with van der Waals surface area (Å²) in [4.78, 5) is 21.0. The summed E-state index contributed by atoms with van der Waals surface area (Å²) in [5.41, 5.74) is 7.06. The molecule has 0 aromatic carbocycles. The van der Waals surface area contributed by atoms with Gasteiger partial charge in [-0.15, -0.1) is 0 Å². The van der Waals surface area contributed by atoms with Gasteiger partial charge in [0.2, 0.25) is 0 Å². The third-order valence-corrected chi connectivity index (χ3v) is 5.42. The molecule has 30 heavy (non-hydrogen) atoms. The molecule has 0 saturated carbocycles. The van der Waals surface area contributed by atoms with Gasteiger partial charge in [0.25, 0.3) is 11.9 Å². The molecule has 1 aliphatic heterocycles. The molecule has 2 heterocycles. The van der Waals surface area contributed by atoms with Crippen molar-refractivity contribution in [3.05, 3.63) is 76.2 Å². The number of carbonyl (C=O) groups excluding carboxylic acids is 1. The van der Waals surface area contributed by atoms with Gasteiger partial charge in [0.1, 0.15) is 28.9 Å². The largest absolute Gasteiger partial charge is 0.431 e. The van der Waals surface area contributed by atoms with Crippen LogP contribution in [0.3, 0.4) is 0 Å². The van der Waals surface area contributed by atoms with E-state index in [2.05, 4.69) is 15.3 Å². The molecule has 0 fully saturated rings. The summed E-state index contributed by atoms with van der Waals surface area (Å²) in [6.45, 7) is 1.81. The Hall–Kier alpha value is -3.73. The maximum Gasteiger partial charge on any atom is 0.288 e. The van der Waals surface area contributed by atoms with Crippen LogP contribution in [0, 0.1) is 11.3 Å². The number of nitriles is 1. The summed E-state index contributed by atoms with van der Waals surface area (Å²) in [6.07, 6.45) is 8.77. The molecule has 1 aromatic heterocycles. The number of rotatable bonds is 3. The van der Waals surface area contributed by atoms with E-state index >= 15 is 4.39 Å². The van der Waals surface area contributed by atoms with E-state index < -0.39 is 17.3 Å². The van der Waals surface area contributed by atoms with Gasteiger partial charge >= 0.3 is 0 Å². The molecule has 1 amide bonds. The molecule has 3 aliphatic rings. The van der Waals surface area contributed by atoms with Gasteiger partial charge in [0.05, 0.1) is 5.56 Å². The van der Waals surface area contributed by atoms with Crippen LogP contribution in [0.15, 0.2) is 70.0 Å². The number of hydrogen-bond donors (Lipinski definition) is 2. The highest BCUT2D eigenvalue weighted by atomic mass is 19.1. The van der Waals surface area contributed by atoms with E-state index in [4.69, 9.17) is 15.7 Å². The zero-order chi connectivity index (χ0) is 21.3. The predicted octanol–water partition coefficient (Wildman–Crippen LogP) is 3.29. The lowest BCUT2D eigenvalue weighted by molar-refractivity contribution is 0.0962. The van der Waals surface area contributed by atoms with Crippen LogP contribution >= 0.6 is 0 Å². The number of aliphatic imine (C=N–C) groups is 1. The molecule has 1 atom stereocenters. The first kappa shape index (κ1) is 19.6. The molecule has 0 spiro atoms. The number of nitrogens with one attached hydrogen (secondary N) is 1. The third kappa shape index (κ3) is 3.50. The summed E-state index contributed by atoms with van der Waals surface area (Å²) in [5.74, 6) is -0.115. The SMILES string of the molecule is CC1(C2=CC(NC(=O)c3ccc(C#N)cn3)=CCC=C2F)N=C(N)OC2=C1CCC2. The van der Waals surface area contributed by atoms with Gasteiger partial charge in [-0.25, -0.2) is 14.4 Å². The number of amides is 1. The molecule has 3 N–H and O–H groups in total. The summed E-state index contributed by atoms with van der Waals surface area (Å²) in [7, 11) is 0. The van der Waals surface area contributed by atoms with E-state index in [1.807, 2.05) is 13.0 Å². The van der Waals surface area contributed by atoms with Gasteiger partial charge in [0.15, 0.2) is 0 Å². The number of pyridine rings is 1. The first-order chi connectivity index (χ1) is 14.4. The Balaban J connectivity index is 1.66. The van der Waals surface area contributed by atoms with E-state index in [9.17, 15) is 4.79 Å². The summed E-state index contributed by atoms with van der Waals surface area (Å²) < 4.78 is 20.6. The second-order valence-corrected chi connectivity index (χ2v) is 7.38. The van der Waals surface area contributed by atoms with Crippen LogP contribution < -0.4 is 11.1 Å². The molecule has 0 saturated heterocycles. The summed E-state index contributed by atoms with van der Waals surface area (Å²) in [5, 5.41) is 11.6. The molecule has 1 aromatic rings. The smallest absolute Gasteiger partial charge is 0.288 e. The Labute approximate surface area is 173 Å². The van der Waals surface area contributed by atoms with E-state index in [-0.39, 0.29) is 11.7 Å². The van der Waals surface area contributed by atoms with Crippen molar-refractivity contribution >= 4 is 11.9 Å². The number of ether oxygens (including phenoxy) is 1. The molecule has 8 heteroatoms. The minimum absolute atomic E-state index is 0.00689. The number of allylic oxidation sites excluding steroid dienone is 4. The van der Waals surface area contributed by atoms with Crippen molar-refractivity contribution in [3.8, 4) is 6.07 Å². The normalized spacial score (nSPS) is 23.1. The van der Waals surface area contributed by atoms with Gasteiger partial charge in [0, 0.05) is 29.5 Å². The van der Waals surface area contributed by atoms with Crippen molar-refractivity contribution in [2.75, 3.05) is 0 Å². The molecule has 1 unspecified atom stereocenters. The van der Waals surface area contributed by atoms with Gasteiger partial charge in [-0.2, -0.15) is 5.26 Å². The van der Waals surface area contributed by atoms with E-state index in [1.165, 1.54) is 24.4 Å². The molecule has 2 aliphatic carbocycles. The molecule has 152 valence electrons. The first-order valence-corrected chi connectivity index (χ1v) is 9.62. The predicted molar refractivity (Wildman–Crippen MR) is 108 cm³/mol. The highest BCUT2D eigenvalue weighted by Gasteiger charge is 2.43. The van der Waals surface area contributed by atoms with Crippen LogP contribution in [0.2, 0.25) is 0 Å². The van der Waals surface area contributed by atoms with Gasteiger partial charge in [-0.1, -0.05) is 6.08 Å². The maximum absolute atomic E-state index is 15.1. The van der Waals surface area contributed by atoms with Crippen molar-refractivity contribution in [1.29, 1.82) is 5.26 Å². The van der Waals surface area contributed by atoms with Crippen LogP contribution in [-0.2, 0) is 4.74 Å². The van der Waals surface area contributed by atoms with Crippen LogP contribution in [-0.4, -0.2) is 22.5 Å². The van der Waals surface area contributed by atoms with Crippen molar-refractivity contribution < 1.29 is 13.9 Å².